The highest BCUT2D eigenvalue weighted by atomic mass is 19.4. The highest BCUT2D eigenvalue weighted by molar-refractivity contribution is 5.84. The van der Waals surface area contributed by atoms with Crippen LogP contribution in [0.4, 0.5) is 13.2 Å². The van der Waals surface area contributed by atoms with Crippen molar-refractivity contribution in [1.29, 1.82) is 0 Å². The fourth-order valence-corrected chi connectivity index (χ4v) is 1.39. The lowest BCUT2D eigenvalue weighted by Gasteiger charge is -2.03. The Balaban J connectivity index is 2.38. The van der Waals surface area contributed by atoms with Gasteiger partial charge >= 0.3 is 12.0 Å². The molecule has 0 fully saturated rings. The zero-order valence-corrected chi connectivity index (χ0v) is 9.42. The van der Waals surface area contributed by atoms with E-state index in [1.165, 1.54) is 0 Å². The summed E-state index contributed by atoms with van der Waals surface area (Å²) in [6.45, 7) is 0. The fraction of sp³-hybridized carbons (Fsp3) is 0.417. The lowest BCUT2D eigenvalue weighted by Crippen LogP contribution is -2.22. The number of ether oxygens (including phenoxy) is 1. The third-order valence-electron chi connectivity index (χ3n) is 2.37. The molecule has 0 aromatic heterocycles. The van der Waals surface area contributed by atoms with Crippen molar-refractivity contribution in [1.82, 2.24) is 0 Å². The number of hydrogen-bond donors (Lipinski definition) is 0. The quantitative estimate of drug-likeness (QED) is 0.735. The van der Waals surface area contributed by atoms with Crippen LogP contribution in [0.15, 0.2) is 24.3 Å². The first-order chi connectivity index (χ1) is 7.93. The molecule has 0 aliphatic rings. The number of ketones is 1. The SMILES string of the molecule is COc1ccc(CCCC(=[OH+])C(F)(F)F)cc1. The van der Waals surface area contributed by atoms with Crippen LogP contribution < -0.4 is 4.74 Å². The number of alkyl halides is 3. The van der Waals surface area contributed by atoms with E-state index >= 15 is 0 Å². The van der Waals surface area contributed by atoms with Crippen LogP contribution in [-0.4, -0.2) is 23.9 Å². The van der Waals surface area contributed by atoms with E-state index in [4.69, 9.17) is 9.53 Å². The summed E-state index contributed by atoms with van der Waals surface area (Å²) in [4.78, 5) is 8.72. The second-order valence-corrected chi connectivity index (χ2v) is 3.65. The van der Waals surface area contributed by atoms with Gasteiger partial charge in [0, 0.05) is 0 Å². The number of aryl methyl sites for hydroxylation is 1. The molecule has 0 aliphatic carbocycles. The van der Waals surface area contributed by atoms with Gasteiger partial charge in [0.1, 0.15) is 5.75 Å². The summed E-state index contributed by atoms with van der Waals surface area (Å²) in [5.41, 5.74) is 0.917. The van der Waals surface area contributed by atoms with E-state index in [1.54, 1.807) is 31.4 Å². The average molecular weight is 247 g/mol. The lowest BCUT2D eigenvalue weighted by molar-refractivity contribution is -0.0664. The minimum atomic E-state index is -4.60. The number of rotatable bonds is 5. The lowest BCUT2D eigenvalue weighted by atomic mass is 10.1. The molecule has 0 aliphatic heterocycles. The van der Waals surface area contributed by atoms with Crippen LogP contribution in [-0.2, 0) is 6.42 Å². The Morgan fingerprint density at radius 2 is 1.82 bits per heavy atom. The summed E-state index contributed by atoms with van der Waals surface area (Å²) in [7, 11) is 1.55. The molecule has 0 unspecified atom stereocenters. The highest BCUT2D eigenvalue weighted by Crippen LogP contribution is 2.19. The maximum Gasteiger partial charge on any atom is 0.504 e. The molecular formula is C12H14F3O2+. The van der Waals surface area contributed by atoms with E-state index in [2.05, 4.69) is 0 Å². The van der Waals surface area contributed by atoms with Crippen LogP contribution in [0.25, 0.3) is 0 Å². The van der Waals surface area contributed by atoms with Gasteiger partial charge in [-0.15, -0.1) is 0 Å². The molecule has 1 N–H and O–H groups in total. The molecule has 0 saturated heterocycles. The highest BCUT2D eigenvalue weighted by Gasteiger charge is 2.43. The molecule has 0 atom stereocenters. The van der Waals surface area contributed by atoms with Gasteiger partial charge in [-0.05, 0) is 30.5 Å². The molecule has 0 amide bonds. The third-order valence-corrected chi connectivity index (χ3v) is 2.37. The summed E-state index contributed by atoms with van der Waals surface area (Å²) < 4.78 is 40.9. The average Bonchev–Trinajstić information content (AvgIpc) is 2.28. The molecule has 1 aromatic rings. The van der Waals surface area contributed by atoms with Gasteiger partial charge in [0.2, 0.25) is 0 Å². The Morgan fingerprint density at radius 1 is 1.24 bits per heavy atom. The van der Waals surface area contributed by atoms with Gasteiger partial charge in [-0.1, -0.05) is 12.1 Å². The van der Waals surface area contributed by atoms with E-state index in [9.17, 15) is 13.2 Å². The molecule has 17 heavy (non-hydrogen) atoms. The van der Waals surface area contributed by atoms with Gasteiger partial charge in [0.15, 0.2) is 0 Å². The largest absolute Gasteiger partial charge is 0.504 e. The summed E-state index contributed by atoms with van der Waals surface area (Å²) in [5, 5.41) is 0. The number of benzene rings is 1. The summed E-state index contributed by atoms with van der Waals surface area (Å²) in [6, 6.07) is 7.10. The van der Waals surface area contributed by atoms with E-state index in [1.807, 2.05) is 0 Å². The minimum Gasteiger partial charge on any atom is -0.497 e. The van der Waals surface area contributed by atoms with Gasteiger partial charge in [-0.2, -0.15) is 13.2 Å². The molecule has 1 aromatic carbocycles. The smallest absolute Gasteiger partial charge is 0.497 e. The van der Waals surface area contributed by atoms with Crippen molar-refractivity contribution in [2.24, 2.45) is 0 Å². The number of hydrogen-bond acceptors (Lipinski definition) is 1. The Morgan fingerprint density at radius 3 is 2.29 bits per heavy atom. The van der Waals surface area contributed by atoms with Gasteiger partial charge < -0.3 is 4.74 Å². The molecule has 0 heterocycles. The maximum atomic E-state index is 12.0. The Bertz CT molecular complexity index is 368. The monoisotopic (exact) mass is 247 g/mol. The summed E-state index contributed by atoms with van der Waals surface area (Å²) in [6.07, 6.45) is -4.20. The zero-order valence-electron chi connectivity index (χ0n) is 9.42. The topological polar surface area (TPSA) is 30.6 Å². The van der Waals surface area contributed by atoms with Crippen LogP contribution in [0.3, 0.4) is 0 Å². The molecule has 1 rings (SSSR count). The van der Waals surface area contributed by atoms with Crippen molar-refractivity contribution in [3.63, 3.8) is 0 Å². The summed E-state index contributed by atoms with van der Waals surface area (Å²) >= 11 is 0. The first-order valence-electron chi connectivity index (χ1n) is 5.18. The van der Waals surface area contributed by atoms with E-state index < -0.39 is 12.0 Å². The maximum absolute atomic E-state index is 12.0. The van der Waals surface area contributed by atoms with Crippen molar-refractivity contribution in [2.45, 2.75) is 25.4 Å². The van der Waals surface area contributed by atoms with Crippen LogP contribution in [0.1, 0.15) is 18.4 Å². The molecule has 0 radical (unpaired) electrons. The molecular weight excluding hydrogens is 233 g/mol. The molecule has 0 saturated carbocycles. The van der Waals surface area contributed by atoms with Crippen molar-refractivity contribution in [3.05, 3.63) is 29.8 Å². The molecule has 2 nitrogen and oxygen atoms in total. The van der Waals surface area contributed by atoms with Gasteiger partial charge in [-0.3, -0.25) is 4.79 Å². The molecule has 0 spiro atoms. The van der Waals surface area contributed by atoms with Crippen molar-refractivity contribution in [2.75, 3.05) is 7.11 Å². The Kier molecular flexibility index (Phi) is 4.54. The summed E-state index contributed by atoms with van der Waals surface area (Å²) in [5.74, 6) is -0.704. The minimum absolute atomic E-state index is 0.262. The second kappa shape index (κ2) is 5.70. The van der Waals surface area contributed by atoms with E-state index in [-0.39, 0.29) is 12.8 Å². The second-order valence-electron chi connectivity index (χ2n) is 3.65. The molecule has 5 heteroatoms. The third kappa shape index (κ3) is 4.46. The van der Waals surface area contributed by atoms with Crippen LogP contribution >= 0.6 is 0 Å². The van der Waals surface area contributed by atoms with Crippen LogP contribution in [0, 0.1) is 0 Å². The number of halogens is 3. The van der Waals surface area contributed by atoms with E-state index in [0.717, 1.165) is 5.56 Å². The van der Waals surface area contributed by atoms with Crippen molar-refractivity contribution in [3.8, 4) is 5.75 Å². The Labute approximate surface area is 97.4 Å². The van der Waals surface area contributed by atoms with Crippen LogP contribution in [0.5, 0.6) is 5.75 Å². The molecule has 0 bridgehead atoms. The predicted octanol–water partition coefficient (Wildman–Crippen LogP) is 3.13. The van der Waals surface area contributed by atoms with Gasteiger partial charge in [-0.25, -0.2) is 0 Å². The van der Waals surface area contributed by atoms with Gasteiger partial charge in [0.05, 0.1) is 13.5 Å². The van der Waals surface area contributed by atoms with Crippen molar-refractivity contribution >= 4 is 5.78 Å². The Hall–Kier alpha value is -1.52. The van der Waals surface area contributed by atoms with Crippen LogP contribution in [0.2, 0.25) is 0 Å². The standard InChI is InChI=1S/C12H13F3O2/c1-17-10-7-5-9(6-8-10)3-2-4-11(16)12(13,14)15/h5-8H,2-4H2,1H3/p+1. The van der Waals surface area contributed by atoms with Crippen molar-refractivity contribution < 1.29 is 22.7 Å². The predicted molar refractivity (Wildman–Crippen MR) is 58.9 cm³/mol. The first kappa shape index (κ1) is 13.5. The normalized spacial score (nSPS) is 11.3. The number of methoxy groups -OCH3 is 1. The molecule has 94 valence electrons. The number of carbonyl (C=O) groups excluding carboxylic acids is 1. The van der Waals surface area contributed by atoms with E-state index in [0.29, 0.717) is 12.2 Å². The first-order valence-corrected chi connectivity index (χ1v) is 5.18. The fourth-order valence-electron chi connectivity index (χ4n) is 1.39. The zero-order chi connectivity index (χ0) is 12.9. The van der Waals surface area contributed by atoms with Gasteiger partial charge in [0.25, 0.3) is 0 Å².